The molecule has 3 aromatic rings. The molecule has 0 unspecified atom stereocenters. The van der Waals surface area contributed by atoms with Crippen molar-refractivity contribution in [2.24, 2.45) is 16.9 Å². The summed E-state index contributed by atoms with van der Waals surface area (Å²) in [4.78, 5) is 53.2. The maximum Gasteiger partial charge on any atom is 0.269 e. The average Bonchev–Trinajstić information content (AvgIpc) is 3.53. The second kappa shape index (κ2) is 9.40. The highest BCUT2D eigenvalue weighted by molar-refractivity contribution is 6.25. The van der Waals surface area contributed by atoms with Gasteiger partial charge in [-0.25, -0.2) is 10.3 Å². The van der Waals surface area contributed by atoms with E-state index in [-0.39, 0.29) is 29.6 Å². The van der Waals surface area contributed by atoms with Crippen LogP contribution in [0.1, 0.15) is 41.5 Å². The predicted molar refractivity (Wildman–Crippen MR) is 150 cm³/mol. The van der Waals surface area contributed by atoms with Crippen LogP contribution in [-0.2, 0) is 29.3 Å². The Labute approximate surface area is 240 Å². The van der Waals surface area contributed by atoms with Gasteiger partial charge in [0.15, 0.2) is 5.79 Å². The van der Waals surface area contributed by atoms with Crippen LogP contribution < -0.4 is 10.3 Å². The van der Waals surface area contributed by atoms with Gasteiger partial charge >= 0.3 is 0 Å². The number of hydrogen-bond acceptors (Lipinski definition) is 8. The van der Waals surface area contributed by atoms with Gasteiger partial charge in [-0.3, -0.25) is 24.5 Å². The van der Waals surface area contributed by atoms with Crippen LogP contribution in [0, 0.1) is 22.0 Å². The highest BCUT2D eigenvalue weighted by atomic mass is 16.7. The molecule has 0 spiro atoms. The van der Waals surface area contributed by atoms with E-state index in [4.69, 9.17) is 9.47 Å². The van der Waals surface area contributed by atoms with E-state index in [1.807, 2.05) is 48.5 Å². The van der Waals surface area contributed by atoms with E-state index in [2.05, 4.69) is 10.5 Å². The summed E-state index contributed by atoms with van der Waals surface area (Å²) < 4.78 is 11.1. The highest BCUT2D eigenvalue weighted by Gasteiger charge is 2.68. The van der Waals surface area contributed by atoms with Crippen molar-refractivity contribution in [2.45, 2.75) is 30.5 Å². The third-order valence-electron chi connectivity index (χ3n) is 8.84. The monoisotopic (exact) mass is 566 g/mol. The molecular formula is C31H26N4O7. The zero-order chi connectivity index (χ0) is 29.2. The van der Waals surface area contributed by atoms with Gasteiger partial charge in [0.1, 0.15) is 0 Å². The largest absolute Gasteiger partial charge is 0.347 e. The molecule has 11 nitrogen and oxygen atoms in total. The number of imide groups is 1. The molecule has 2 heterocycles. The zero-order valence-electron chi connectivity index (χ0n) is 22.6. The summed E-state index contributed by atoms with van der Waals surface area (Å²) in [5.74, 6) is -4.22. The Bertz CT molecular complexity index is 1630. The van der Waals surface area contributed by atoms with E-state index >= 15 is 0 Å². The third kappa shape index (κ3) is 3.67. The first-order valence-electron chi connectivity index (χ1n) is 13.7. The number of ether oxygens (including phenoxy) is 2. The van der Waals surface area contributed by atoms with Crippen molar-refractivity contribution in [1.29, 1.82) is 0 Å². The van der Waals surface area contributed by atoms with E-state index in [0.717, 1.165) is 27.2 Å². The molecule has 42 heavy (non-hydrogen) atoms. The maximum atomic E-state index is 14.3. The topological polar surface area (TPSA) is 140 Å². The first-order chi connectivity index (χ1) is 20.2. The fraction of sp³-hybridized carbons (Fsp3) is 0.290. The lowest BCUT2D eigenvalue weighted by molar-refractivity contribution is -0.384. The molecule has 3 aliphatic carbocycles. The Hall–Kier alpha value is -4.74. The van der Waals surface area contributed by atoms with Crippen molar-refractivity contribution < 1.29 is 28.8 Å². The Morgan fingerprint density at radius 3 is 2.19 bits per heavy atom. The van der Waals surface area contributed by atoms with E-state index in [9.17, 15) is 24.5 Å². The molecule has 11 heteroatoms. The standard InChI is InChI=1S/C31H26N4O7/c1-30(41-14-15-42-30)16-24(36)33-32-17-31-22-8-4-2-6-20(22)25(21-7-3-5-9-23(21)31)26-27(31)29(38)34(28(26)37)18-10-12-19(13-11-18)35(39)40/h2-13,17,25-27H,14-16H2,1H3,(H,33,36)/b32-17-/t25?,26-,27+,31?/m1/s1. The Morgan fingerprint density at radius 2 is 1.60 bits per heavy atom. The lowest BCUT2D eigenvalue weighted by Gasteiger charge is -2.52. The first kappa shape index (κ1) is 26.2. The van der Waals surface area contributed by atoms with Gasteiger partial charge in [-0.2, -0.15) is 5.10 Å². The fourth-order valence-corrected chi connectivity index (χ4v) is 7.22. The van der Waals surface area contributed by atoms with E-state index in [0.29, 0.717) is 13.2 Å². The summed E-state index contributed by atoms with van der Waals surface area (Å²) >= 11 is 0. The van der Waals surface area contributed by atoms with Crippen LogP contribution in [0.25, 0.3) is 0 Å². The van der Waals surface area contributed by atoms with Crippen molar-refractivity contribution >= 4 is 35.3 Å². The number of amides is 3. The average molecular weight is 567 g/mol. The van der Waals surface area contributed by atoms with Gasteiger partial charge in [0.25, 0.3) is 5.69 Å². The molecule has 0 saturated carbocycles. The summed E-state index contributed by atoms with van der Waals surface area (Å²) in [5.41, 5.74) is 5.07. The Kier molecular flexibility index (Phi) is 5.86. The lowest BCUT2D eigenvalue weighted by atomic mass is 9.47. The molecule has 5 aliphatic rings. The number of non-ortho nitro benzene ring substituents is 1. The summed E-state index contributed by atoms with van der Waals surface area (Å²) in [6.07, 6.45) is 1.52. The zero-order valence-corrected chi connectivity index (χ0v) is 22.6. The van der Waals surface area contributed by atoms with Crippen LogP contribution in [0.5, 0.6) is 0 Å². The molecule has 2 atom stereocenters. The van der Waals surface area contributed by atoms with Crippen molar-refractivity contribution in [3.05, 3.63) is 105 Å². The van der Waals surface area contributed by atoms with Gasteiger partial charge in [-0.05, 0) is 41.3 Å². The van der Waals surface area contributed by atoms with Crippen LogP contribution in [0.4, 0.5) is 11.4 Å². The van der Waals surface area contributed by atoms with E-state index in [1.54, 1.807) is 13.1 Å². The van der Waals surface area contributed by atoms with Crippen molar-refractivity contribution in [1.82, 2.24) is 5.43 Å². The van der Waals surface area contributed by atoms with E-state index < -0.39 is 39.8 Å². The second-order valence-electron chi connectivity index (χ2n) is 11.1. The summed E-state index contributed by atoms with van der Waals surface area (Å²) in [6, 6.07) is 20.8. The molecule has 2 fully saturated rings. The smallest absolute Gasteiger partial charge is 0.269 e. The number of benzene rings is 3. The SMILES string of the molecule is CC1(CC(=O)N/N=C\C23c4ccccc4C(c4ccccc42)[C@H]2C(=O)N(c4ccc([N+](=O)[O-])cc4)C(=O)[C@H]23)OCCO1. The first-order valence-corrected chi connectivity index (χ1v) is 13.7. The number of carbonyl (C=O) groups excluding carboxylic acids is 3. The number of nitro groups is 1. The van der Waals surface area contributed by atoms with Crippen LogP contribution in [0.2, 0.25) is 0 Å². The Balaban J connectivity index is 1.34. The minimum atomic E-state index is -1.16. The molecular weight excluding hydrogens is 540 g/mol. The van der Waals surface area contributed by atoms with Gasteiger partial charge in [-0.1, -0.05) is 48.5 Å². The van der Waals surface area contributed by atoms with Gasteiger partial charge in [0, 0.05) is 24.3 Å². The van der Waals surface area contributed by atoms with Gasteiger partial charge in [0.05, 0.1) is 47.5 Å². The molecule has 2 saturated heterocycles. The molecule has 0 aromatic heterocycles. The Morgan fingerprint density at radius 1 is 1.00 bits per heavy atom. The molecule has 212 valence electrons. The number of hydrogen-bond donors (Lipinski definition) is 1. The van der Waals surface area contributed by atoms with Gasteiger partial charge in [0.2, 0.25) is 17.7 Å². The van der Waals surface area contributed by atoms with E-state index in [1.165, 1.54) is 24.3 Å². The molecule has 8 rings (SSSR count). The van der Waals surface area contributed by atoms with Crippen molar-refractivity contribution in [3.8, 4) is 0 Å². The molecule has 3 amide bonds. The summed E-state index contributed by atoms with van der Waals surface area (Å²) in [7, 11) is 0. The number of nitro benzene ring substituents is 1. The normalized spacial score (nSPS) is 26.7. The molecule has 1 N–H and O–H groups in total. The molecule has 0 radical (unpaired) electrons. The lowest BCUT2D eigenvalue weighted by Crippen LogP contribution is -2.54. The fourth-order valence-electron chi connectivity index (χ4n) is 7.22. The van der Waals surface area contributed by atoms with Crippen LogP contribution in [0.3, 0.4) is 0 Å². The predicted octanol–water partition coefficient (Wildman–Crippen LogP) is 3.40. The quantitative estimate of drug-likeness (QED) is 0.209. The van der Waals surface area contributed by atoms with Crippen molar-refractivity contribution in [3.63, 3.8) is 0 Å². The summed E-state index contributed by atoms with van der Waals surface area (Å²) in [5, 5.41) is 15.6. The number of hydrazone groups is 1. The van der Waals surface area contributed by atoms with Crippen LogP contribution in [-0.4, -0.2) is 47.9 Å². The van der Waals surface area contributed by atoms with Crippen molar-refractivity contribution in [2.75, 3.05) is 18.1 Å². The van der Waals surface area contributed by atoms with Crippen LogP contribution >= 0.6 is 0 Å². The number of anilines is 1. The number of carbonyl (C=O) groups is 3. The maximum absolute atomic E-state index is 14.3. The van der Waals surface area contributed by atoms with Gasteiger partial charge < -0.3 is 9.47 Å². The highest BCUT2D eigenvalue weighted by Crippen LogP contribution is 2.63. The minimum absolute atomic E-state index is 0.0655. The molecule has 2 aliphatic heterocycles. The number of nitrogens with zero attached hydrogens (tertiary/aromatic N) is 3. The molecule has 3 aromatic carbocycles. The third-order valence-corrected chi connectivity index (χ3v) is 8.84. The second-order valence-corrected chi connectivity index (χ2v) is 11.1. The number of rotatable bonds is 6. The molecule has 2 bridgehead atoms. The van der Waals surface area contributed by atoms with Crippen LogP contribution in [0.15, 0.2) is 77.9 Å². The minimum Gasteiger partial charge on any atom is -0.347 e. The van der Waals surface area contributed by atoms with Gasteiger partial charge in [-0.15, -0.1) is 0 Å². The summed E-state index contributed by atoms with van der Waals surface area (Å²) in [6.45, 7) is 2.49. The number of nitrogens with one attached hydrogen (secondary N) is 1.